The van der Waals surface area contributed by atoms with Gasteiger partial charge in [0.15, 0.2) is 0 Å². The molecule has 1 aliphatic heterocycles. The molecule has 2 N–H and O–H groups in total. The first-order chi connectivity index (χ1) is 9.65. The lowest BCUT2D eigenvalue weighted by atomic mass is 9.87. The maximum Gasteiger partial charge on any atom is 0.0388 e. The molecule has 2 unspecified atom stereocenters. The second-order valence-electron chi connectivity index (χ2n) is 6.39. The van der Waals surface area contributed by atoms with Crippen LogP contribution in [-0.4, -0.2) is 24.5 Å². The van der Waals surface area contributed by atoms with Crippen molar-refractivity contribution in [2.75, 3.05) is 19.6 Å². The van der Waals surface area contributed by atoms with Gasteiger partial charge in [0, 0.05) is 6.04 Å². The fourth-order valence-corrected chi connectivity index (χ4v) is 3.77. The van der Waals surface area contributed by atoms with Gasteiger partial charge in [-0.25, -0.2) is 0 Å². The molecule has 2 heteroatoms. The molecule has 1 aromatic carbocycles. The second kappa shape index (κ2) is 7.24. The zero-order chi connectivity index (χ0) is 14.5. The molecule has 2 rings (SSSR count). The van der Waals surface area contributed by atoms with Gasteiger partial charge >= 0.3 is 0 Å². The lowest BCUT2D eigenvalue weighted by Crippen LogP contribution is -2.36. The molecule has 1 fully saturated rings. The topological polar surface area (TPSA) is 29.3 Å². The maximum atomic E-state index is 6.11. The normalized spacial score (nSPS) is 24.6. The lowest BCUT2D eigenvalue weighted by molar-refractivity contribution is 0.158. The van der Waals surface area contributed by atoms with E-state index in [1.807, 2.05) is 0 Å². The number of rotatable bonds is 4. The van der Waals surface area contributed by atoms with Crippen LogP contribution in [0.15, 0.2) is 18.2 Å². The van der Waals surface area contributed by atoms with Gasteiger partial charge in [0.05, 0.1) is 0 Å². The minimum atomic E-state index is 0.515. The molecule has 1 aliphatic rings. The molecule has 112 valence electrons. The summed E-state index contributed by atoms with van der Waals surface area (Å²) in [6, 6.07) is 7.52. The van der Waals surface area contributed by atoms with Crippen LogP contribution < -0.4 is 5.73 Å². The summed E-state index contributed by atoms with van der Waals surface area (Å²) in [5.41, 5.74) is 10.3. The van der Waals surface area contributed by atoms with Crippen molar-refractivity contribution in [2.24, 2.45) is 11.7 Å². The predicted molar refractivity (Wildman–Crippen MR) is 86.9 cm³/mol. The third-order valence-electron chi connectivity index (χ3n) is 4.51. The fraction of sp³-hybridized carbons (Fsp3) is 0.667. The minimum Gasteiger partial charge on any atom is -0.330 e. The molecule has 0 aliphatic carbocycles. The molecule has 0 saturated carbocycles. The predicted octanol–water partition coefficient (Wildman–Crippen LogP) is 3.82. The fourth-order valence-electron chi connectivity index (χ4n) is 3.77. The van der Waals surface area contributed by atoms with E-state index in [1.165, 1.54) is 55.5 Å². The van der Waals surface area contributed by atoms with E-state index in [4.69, 9.17) is 5.73 Å². The zero-order valence-corrected chi connectivity index (χ0v) is 13.4. The SMILES string of the molecule is CCCN1CCCCC(CN)C1c1cc(C)cc(C)c1. The Balaban J connectivity index is 2.37. The summed E-state index contributed by atoms with van der Waals surface area (Å²) in [4.78, 5) is 2.68. The summed E-state index contributed by atoms with van der Waals surface area (Å²) < 4.78 is 0. The summed E-state index contributed by atoms with van der Waals surface area (Å²) in [7, 11) is 0. The Labute approximate surface area is 124 Å². The Morgan fingerprint density at radius 3 is 2.45 bits per heavy atom. The maximum absolute atomic E-state index is 6.11. The standard InChI is InChI=1S/C18H30N2/c1-4-8-20-9-6-5-7-16(13-19)18(20)17-11-14(2)10-15(3)12-17/h10-12,16,18H,4-9,13,19H2,1-3H3. The Hall–Kier alpha value is -0.860. The highest BCUT2D eigenvalue weighted by Gasteiger charge is 2.29. The molecule has 0 bridgehead atoms. The zero-order valence-electron chi connectivity index (χ0n) is 13.4. The molecule has 1 saturated heterocycles. The van der Waals surface area contributed by atoms with Crippen molar-refractivity contribution in [3.05, 3.63) is 34.9 Å². The van der Waals surface area contributed by atoms with Crippen molar-refractivity contribution in [3.63, 3.8) is 0 Å². The van der Waals surface area contributed by atoms with Crippen LogP contribution in [0, 0.1) is 19.8 Å². The molecule has 2 nitrogen and oxygen atoms in total. The van der Waals surface area contributed by atoms with E-state index in [2.05, 4.69) is 43.9 Å². The lowest BCUT2D eigenvalue weighted by Gasteiger charge is -2.35. The van der Waals surface area contributed by atoms with Crippen LogP contribution in [0.5, 0.6) is 0 Å². The van der Waals surface area contributed by atoms with Crippen LogP contribution in [0.2, 0.25) is 0 Å². The highest BCUT2D eigenvalue weighted by atomic mass is 15.2. The minimum absolute atomic E-state index is 0.515. The second-order valence-corrected chi connectivity index (χ2v) is 6.39. The van der Waals surface area contributed by atoms with Gasteiger partial charge in [-0.1, -0.05) is 42.7 Å². The number of hydrogen-bond acceptors (Lipinski definition) is 2. The van der Waals surface area contributed by atoms with Crippen molar-refractivity contribution in [3.8, 4) is 0 Å². The van der Waals surface area contributed by atoms with Crippen LogP contribution in [0.1, 0.15) is 55.3 Å². The van der Waals surface area contributed by atoms with E-state index in [0.717, 1.165) is 6.54 Å². The van der Waals surface area contributed by atoms with Crippen molar-refractivity contribution in [2.45, 2.75) is 52.5 Å². The van der Waals surface area contributed by atoms with Crippen LogP contribution in [0.4, 0.5) is 0 Å². The smallest absolute Gasteiger partial charge is 0.0388 e. The van der Waals surface area contributed by atoms with Gasteiger partial charge in [0.1, 0.15) is 0 Å². The monoisotopic (exact) mass is 274 g/mol. The first kappa shape index (κ1) is 15.5. The van der Waals surface area contributed by atoms with E-state index in [1.54, 1.807) is 0 Å². The van der Waals surface area contributed by atoms with Gasteiger partial charge in [-0.05, 0) is 64.2 Å². The molecule has 0 radical (unpaired) electrons. The molecule has 0 aromatic heterocycles. The summed E-state index contributed by atoms with van der Waals surface area (Å²) in [5, 5.41) is 0. The quantitative estimate of drug-likeness (QED) is 0.904. The Kier molecular flexibility index (Phi) is 5.62. The number of hydrogen-bond donors (Lipinski definition) is 1. The Morgan fingerprint density at radius 2 is 1.85 bits per heavy atom. The van der Waals surface area contributed by atoms with E-state index in [-0.39, 0.29) is 0 Å². The molecule has 0 spiro atoms. The first-order valence-electron chi connectivity index (χ1n) is 8.18. The molecule has 2 atom stereocenters. The van der Waals surface area contributed by atoms with Crippen molar-refractivity contribution in [1.82, 2.24) is 4.90 Å². The van der Waals surface area contributed by atoms with Crippen LogP contribution >= 0.6 is 0 Å². The Morgan fingerprint density at radius 1 is 1.15 bits per heavy atom. The largest absolute Gasteiger partial charge is 0.330 e. The number of nitrogens with two attached hydrogens (primary N) is 1. The van der Waals surface area contributed by atoms with E-state index < -0.39 is 0 Å². The highest BCUT2D eigenvalue weighted by Crippen LogP contribution is 2.35. The van der Waals surface area contributed by atoms with Crippen LogP contribution in [0.25, 0.3) is 0 Å². The highest BCUT2D eigenvalue weighted by molar-refractivity contribution is 5.31. The average Bonchev–Trinajstić information content (AvgIpc) is 2.60. The van der Waals surface area contributed by atoms with E-state index >= 15 is 0 Å². The van der Waals surface area contributed by atoms with E-state index in [9.17, 15) is 0 Å². The molecule has 1 heterocycles. The van der Waals surface area contributed by atoms with Crippen molar-refractivity contribution in [1.29, 1.82) is 0 Å². The van der Waals surface area contributed by atoms with E-state index in [0.29, 0.717) is 12.0 Å². The van der Waals surface area contributed by atoms with Gasteiger partial charge in [0.25, 0.3) is 0 Å². The third kappa shape index (κ3) is 3.62. The van der Waals surface area contributed by atoms with Gasteiger partial charge in [-0.15, -0.1) is 0 Å². The van der Waals surface area contributed by atoms with Crippen molar-refractivity contribution < 1.29 is 0 Å². The molecular formula is C18H30N2. The van der Waals surface area contributed by atoms with Gasteiger partial charge in [-0.2, -0.15) is 0 Å². The van der Waals surface area contributed by atoms with Gasteiger partial charge in [-0.3, -0.25) is 4.90 Å². The molecule has 20 heavy (non-hydrogen) atoms. The number of benzene rings is 1. The molecule has 1 aromatic rings. The number of nitrogens with zero attached hydrogens (tertiary/aromatic N) is 1. The third-order valence-corrected chi connectivity index (χ3v) is 4.51. The molecular weight excluding hydrogens is 244 g/mol. The average molecular weight is 274 g/mol. The van der Waals surface area contributed by atoms with Crippen LogP contribution in [0.3, 0.4) is 0 Å². The summed E-state index contributed by atoms with van der Waals surface area (Å²) in [5.74, 6) is 0.602. The number of likely N-dealkylation sites (tertiary alicyclic amines) is 1. The summed E-state index contributed by atoms with van der Waals surface area (Å²) in [6.07, 6.45) is 5.13. The van der Waals surface area contributed by atoms with Crippen LogP contribution in [-0.2, 0) is 0 Å². The first-order valence-corrected chi connectivity index (χ1v) is 8.18. The van der Waals surface area contributed by atoms with Crippen molar-refractivity contribution >= 4 is 0 Å². The van der Waals surface area contributed by atoms with Gasteiger partial charge < -0.3 is 5.73 Å². The number of aryl methyl sites for hydroxylation is 2. The van der Waals surface area contributed by atoms with Gasteiger partial charge in [0.2, 0.25) is 0 Å². The molecule has 0 amide bonds. The summed E-state index contributed by atoms with van der Waals surface area (Å²) >= 11 is 0. The Bertz CT molecular complexity index is 407. The summed E-state index contributed by atoms with van der Waals surface area (Å²) in [6.45, 7) is 9.90.